The Bertz CT molecular complexity index is 551. The van der Waals surface area contributed by atoms with Gasteiger partial charge in [0.2, 0.25) is 0 Å². The molecule has 0 atom stereocenters. The van der Waals surface area contributed by atoms with Gasteiger partial charge in [0.15, 0.2) is 0 Å². The average molecular weight is 215 g/mol. The van der Waals surface area contributed by atoms with Crippen LogP contribution in [0, 0.1) is 11.3 Å². The lowest BCUT2D eigenvalue weighted by Gasteiger charge is -2.04. The molecule has 4 nitrogen and oxygen atoms in total. The SMILES string of the molecule is CCOc1nc2cc(C#N)ccc2n1CC. The van der Waals surface area contributed by atoms with Crippen molar-refractivity contribution in [2.45, 2.75) is 20.4 Å². The molecule has 0 aliphatic heterocycles. The van der Waals surface area contributed by atoms with Crippen molar-refractivity contribution < 1.29 is 4.74 Å². The number of nitrogens with zero attached hydrogens (tertiary/aromatic N) is 3. The molecule has 0 aliphatic rings. The number of hydrogen-bond donors (Lipinski definition) is 0. The third-order valence-electron chi connectivity index (χ3n) is 2.43. The second kappa shape index (κ2) is 4.23. The number of rotatable bonds is 3. The first-order chi connectivity index (χ1) is 7.80. The predicted octanol–water partition coefficient (Wildman–Crippen LogP) is 2.33. The number of imidazole rings is 1. The molecule has 1 aromatic carbocycles. The van der Waals surface area contributed by atoms with Crippen LogP contribution in [0.25, 0.3) is 11.0 Å². The van der Waals surface area contributed by atoms with E-state index in [2.05, 4.69) is 11.1 Å². The van der Waals surface area contributed by atoms with Crippen LogP contribution in [0.4, 0.5) is 0 Å². The van der Waals surface area contributed by atoms with E-state index in [9.17, 15) is 0 Å². The third kappa shape index (κ3) is 1.61. The topological polar surface area (TPSA) is 50.8 Å². The Morgan fingerprint density at radius 3 is 2.88 bits per heavy atom. The lowest BCUT2D eigenvalue weighted by atomic mass is 10.2. The minimum atomic E-state index is 0.592. The molecule has 2 aromatic rings. The van der Waals surface area contributed by atoms with Gasteiger partial charge in [0, 0.05) is 6.54 Å². The number of benzene rings is 1. The highest BCUT2D eigenvalue weighted by Crippen LogP contribution is 2.22. The fraction of sp³-hybridized carbons (Fsp3) is 0.333. The molecule has 0 unspecified atom stereocenters. The summed E-state index contributed by atoms with van der Waals surface area (Å²) in [6.07, 6.45) is 0. The highest BCUT2D eigenvalue weighted by Gasteiger charge is 2.10. The van der Waals surface area contributed by atoms with Crippen molar-refractivity contribution in [2.24, 2.45) is 0 Å². The Labute approximate surface area is 94.1 Å². The van der Waals surface area contributed by atoms with Gasteiger partial charge in [-0.1, -0.05) is 0 Å². The molecule has 0 aliphatic carbocycles. The zero-order valence-electron chi connectivity index (χ0n) is 9.40. The molecule has 82 valence electrons. The van der Waals surface area contributed by atoms with Crippen molar-refractivity contribution in [3.05, 3.63) is 23.8 Å². The summed E-state index contributed by atoms with van der Waals surface area (Å²) in [5, 5.41) is 8.82. The maximum absolute atomic E-state index is 8.82. The molecule has 0 amide bonds. The van der Waals surface area contributed by atoms with E-state index in [1.54, 1.807) is 12.1 Å². The molecule has 0 fully saturated rings. The molecule has 0 spiro atoms. The van der Waals surface area contributed by atoms with Gasteiger partial charge in [-0.05, 0) is 32.0 Å². The van der Waals surface area contributed by atoms with Gasteiger partial charge < -0.3 is 4.74 Å². The van der Waals surface area contributed by atoms with E-state index in [1.165, 1.54) is 0 Å². The van der Waals surface area contributed by atoms with Crippen LogP contribution in [0.1, 0.15) is 19.4 Å². The van der Waals surface area contributed by atoms with Crippen LogP contribution in [-0.2, 0) is 6.54 Å². The molecule has 2 rings (SSSR count). The third-order valence-corrected chi connectivity index (χ3v) is 2.43. The number of fused-ring (bicyclic) bond motifs is 1. The van der Waals surface area contributed by atoms with Gasteiger partial charge in [-0.15, -0.1) is 0 Å². The summed E-state index contributed by atoms with van der Waals surface area (Å²) in [6.45, 7) is 5.37. The van der Waals surface area contributed by atoms with Gasteiger partial charge in [0.25, 0.3) is 6.01 Å². The highest BCUT2D eigenvalue weighted by molar-refractivity contribution is 5.78. The maximum atomic E-state index is 8.82. The summed E-state index contributed by atoms with van der Waals surface area (Å²) >= 11 is 0. The molecule has 0 N–H and O–H groups in total. The van der Waals surface area contributed by atoms with Crippen LogP contribution in [0.15, 0.2) is 18.2 Å². The van der Waals surface area contributed by atoms with E-state index in [0.29, 0.717) is 18.2 Å². The summed E-state index contributed by atoms with van der Waals surface area (Å²) in [6, 6.07) is 8.22. The molecule has 0 bridgehead atoms. The number of ether oxygens (including phenoxy) is 1. The van der Waals surface area contributed by atoms with Gasteiger partial charge >= 0.3 is 0 Å². The number of nitriles is 1. The molecule has 0 saturated heterocycles. The Morgan fingerprint density at radius 1 is 1.44 bits per heavy atom. The molecule has 4 heteroatoms. The minimum Gasteiger partial charge on any atom is -0.465 e. The summed E-state index contributed by atoms with van der Waals surface area (Å²) < 4.78 is 7.46. The summed E-state index contributed by atoms with van der Waals surface area (Å²) in [4.78, 5) is 4.37. The normalized spacial score (nSPS) is 10.3. The van der Waals surface area contributed by atoms with E-state index in [1.807, 2.05) is 24.5 Å². The molecule has 16 heavy (non-hydrogen) atoms. The van der Waals surface area contributed by atoms with Crippen LogP contribution >= 0.6 is 0 Å². The molecular formula is C12H13N3O. The largest absolute Gasteiger partial charge is 0.465 e. The van der Waals surface area contributed by atoms with Crippen molar-refractivity contribution in [2.75, 3.05) is 6.61 Å². The quantitative estimate of drug-likeness (QED) is 0.789. The maximum Gasteiger partial charge on any atom is 0.297 e. The first-order valence-electron chi connectivity index (χ1n) is 5.33. The summed E-state index contributed by atoms with van der Waals surface area (Å²) in [5.41, 5.74) is 2.44. The molecule has 1 aromatic heterocycles. The number of hydrogen-bond acceptors (Lipinski definition) is 3. The van der Waals surface area contributed by atoms with Crippen molar-refractivity contribution in [1.82, 2.24) is 9.55 Å². The van der Waals surface area contributed by atoms with Crippen LogP contribution in [0.5, 0.6) is 6.01 Å². The zero-order chi connectivity index (χ0) is 11.5. The van der Waals surface area contributed by atoms with Crippen molar-refractivity contribution in [3.8, 4) is 12.1 Å². The highest BCUT2D eigenvalue weighted by atomic mass is 16.5. The Morgan fingerprint density at radius 2 is 2.25 bits per heavy atom. The van der Waals surface area contributed by atoms with Gasteiger partial charge in [-0.25, -0.2) is 0 Å². The van der Waals surface area contributed by atoms with Gasteiger partial charge in [-0.3, -0.25) is 4.57 Å². The van der Waals surface area contributed by atoms with Crippen molar-refractivity contribution in [3.63, 3.8) is 0 Å². The van der Waals surface area contributed by atoms with E-state index >= 15 is 0 Å². The fourth-order valence-electron chi connectivity index (χ4n) is 1.72. The first kappa shape index (κ1) is 10.5. The fourth-order valence-corrected chi connectivity index (χ4v) is 1.72. The Hall–Kier alpha value is -2.02. The van der Waals surface area contributed by atoms with Crippen LogP contribution in [-0.4, -0.2) is 16.2 Å². The average Bonchev–Trinajstić information content (AvgIpc) is 2.65. The first-order valence-corrected chi connectivity index (χ1v) is 5.33. The van der Waals surface area contributed by atoms with E-state index in [-0.39, 0.29) is 0 Å². The Kier molecular flexibility index (Phi) is 2.78. The lowest BCUT2D eigenvalue weighted by molar-refractivity contribution is 0.300. The van der Waals surface area contributed by atoms with Crippen LogP contribution in [0.2, 0.25) is 0 Å². The van der Waals surface area contributed by atoms with Gasteiger partial charge in [-0.2, -0.15) is 10.2 Å². The van der Waals surface area contributed by atoms with E-state index in [0.717, 1.165) is 17.6 Å². The number of aromatic nitrogens is 2. The van der Waals surface area contributed by atoms with Crippen LogP contribution < -0.4 is 4.74 Å². The summed E-state index contributed by atoms with van der Waals surface area (Å²) in [7, 11) is 0. The van der Waals surface area contributed by atoms with Crippen LogP contribution in [0.3, 0.4) is 0 Å². The van der Waals surface area contributed by atoms with E-state index in [4.69, 9.17) is 10.00 Å². The Balaban J connectivity index is 2.62. The second-order valence-corrected chi connectivity index (χ2v) is 3.39. The monoisotopic (exact) mass is 215 g/mol. The van der Waals surface area contributed by atoms with Crippen molar-refractivity contribution in [1.29, 1.82) is 5.26 Å². The molecule has 0 saturated carbocycles. The predicted molar refractivity (Wildman–Crippen MR) is 61.3 cm³/mol. The van der Waals surface area contributed by atoms with Gasteiger partial charge in [0.05, 0.1) is 29.3 Å². The standard InChI is InChI=1S/C12H13N3O/c1-3-15-11-6-5-9(8-13)7-10(11)14-12(15)16-4-2/h5-7H,3-4H2,1-2H3. The molecule has 0 radical (unpaired) electrons. The van der Waals surface area contributed by atoms with E-state index < -0.39 is 0 Å². The smallest absolute Gasteiger partial charge is 0.297 e. The molecular weight excluding hydrogens is 202 g/mol. The lowest BCUT2D eigenvalue weighted by Crippen LogP contribution is -2.01. The van der Waals surface area contributed by atoms with Crippen molar-refractivity contribution >= 4 is 11.0 Å². The second-order valence-electron chi connectivity index (χ2n) is 3.39. The zero-order valence-corrected chi connectivity index (χ0v) is 9.40. The molecule has 1 heterocycles. The van der Waals surface area contributed by atoms with Gasteiger partial charge in [0.1, 0.15) is 0 Å². The summed E-state index contributed by atoms with van der Waals surface area (Å²) in [5.74, 6) is 0. The number of aryl methyl sites for hydroxylation is 1. The minimum absolute atomic E-state index is 0.592.